The molecule has 7 heteroatoms. The summed E-state index contributed by atoms with van der Waals surface area (Å²) in [6, 6.07) is 9.25. The van der Waals surface area contributed by atoms with Crippen LogP contribution in [0.15, 0.2) is 30.3 Å². The predicted molar refractivity (Wildman–Crippen MR) is 107 cm³/mol. The highest BCUT2D eigenvalue weighted by Crippen LogP contribution is 2.25. The molecule has 2 aliphatic rings. The summed E-state index contributed by atoms with van der Waals surface area (Å²) < 4.78 is 27.1. The molecule has 2 heterocycles. The third kappa shape index (κ3) is 5.30. The molecule has 1 atom stereocenters. The number of nitrogens with zero attached hydrogens (tertiary/aromatic N) is 2. The second-order valence-corrected chi connectivity index (χ2v) is 9.73. The van der Waals surface area contributed by atoms with E-state index in [9.17, 15) is 13.2 Å². The summed E-state index contributed by atoms with van der Waals surface area (Å²) in [6.07, 6.45) is 3.58. The lowest BCUT2D eigenvalue weighted by Crippen LogP contribution is -2.49. The number of amides is 1. The Morgan fingerprint density at radius 2 is 1.81 bits per heavy atom. The number of hydrogen-bond donors (Lipinski definition) is 1. The third-order valence-corrected chi connectivity index (χ3v) is 7.55. The van der Waals surface area contributed by atoms with Crippen molar-refractivity contribution in [2.24, 2.45) is 11.8 Å². The number of sulfonamides is 1. The van der Waals surface area contributed by atoms with Crippen molar-refractivity contribution in [2.75, 3.05) is 39.8 Å². The summed E-state index contributed by atoms with van der Waals surface area (Å²) in [7, 11) is -1.43. The molecule has 2 fully saturated rings. The van der Waals surface area contributed by atoms with Gasteiger partial charge in [0.1, 0.15) is 0 Å². The predicted octanol–water partition coefficient (Wildman–Crippen LogP) is 1.69. The minimum atomic E-state index is -3.40. The minimum absolute atomic E-state index is 0.00413. The zero-order valence-electron chi connectivity index (χ0n) is 16.1. The van der Waals surface area contributed by atoms with E-state index in [0.29, 0.717) is 19.0 Å². The Hall–Kier alpha value is -1.44. The highest BCUT2D eigenvalue weighted by molar-refractivity contribution is 7.88. The van der Waals surface area contributed by atoms with Crippen LogP contribution in [0.2, 0.25) is 0 Å². The lowest BCUT2D eigenvalue weighted by atomic mass is 9.93. The quantitative estimate of drug-likeness (QED) is 0.798. The molecule has 0 radical (unpaired) electrons. The fourth-order valence-electron chi connectivity index (χ4n) is 4.18. The number of benzene rings is 1. The van der Waals surface area contributed by atoms with Crippen LogP contribution >= 0.6 is 0 Å². The van der Waals surface area contributed by atoms with E-state index in [0.717, 1.165) is 50.9 Å². The topological polar surface area (TPSA) is 69.7 Å². The number of hydrogen-bond acceptors (Lipinski definition) is 4. The summed E-state index contributed by atoms with van der Waals surface area (Å²) in [5.74, 6) is 0.570. The maximum Gasteiger partial charge on any atom is 0.227 e. The van der Waals surface area contributed by atoms with Gasteiger partial charge in [0.2, 0.25) is 15.9 Å². The van der Waals surface area contributed by atoms with Crippen molar-refractivity contribution in [3.63, 3.8) is 0 Å². The molecule has 1 aromatic carbocycles. The Morgan fingerprint density at radius 1 is 1.11 bits per heavy atom. The molecule has 27 heavy (non-hydrogen) atoms. The fourth-order valence-corrected chi connectivity index (χ4v) is 5.79. The molecule has 150 valence electrons. The van der Waals surface area contributed by atoms with Gasteiger partial charge in [0.05, 0.1) is 11.7 Å². The zero-order valence-corrected chi connectivity index (χ0v) is 17.0. The standard InChI is InChI=1S/C20H31N3O3S/c1-21-14-17-9-12-22(13-10-17)20(24)19-8-5-11-23(15-19)27(25,26)16-18-6-3-2-4-7-18/h2-4,6-7,17,19,21H,5,8-16H2,1H3. The third-order valence-electron chi connectivity index (χ3n) is 5.74. The van der Waals surface area contributed by atoms with Gasteiger partial charge in [-0.3, -0.25) is 4.79 Å². The smallest absolute Gasteiger partial charge is 0.227 e. The van der Waals surface area contributed by atoms with Crippen molar-refractivity contribution in [1.29, 1.82) is 0 Å². The first-order chi connectivity index (χ1) is 13.0. The summed E-state index contributed by atoms with van der Waals surface area (Å²) in [5.41, 5.74) is 0.789. The number of rotatable bonds is 6. The Balaban J connectivity index is 1.58. The maximum atomic E-state index is 12.9. The Labute approximate surface area is 163 Å². The largest absolute Gasteiger partial charge is 0.342 e. The van der Waals surface area contributed by atoms with E-state index < -0.39 is 10.0 Å². The van der Waals surface area contributed by atoms with Crippen LogP contribution in [0, 0.1) is 11.8 Å². The number of nitrogens with one attached hydrogen (secondary N) is 1. The van der Waals surface area contributed by atoms with Crippen molar-refractivity contribution < 1.29 is 13.2 Å². The molecule has 2 saturated heterocycles. The van der Waals surface area contributed by atoms with E-state index in [1.165, 1.54) is 4.31 Å². The molecule has 0 saturated carbocycles. The van der Waals surface area contributed by atoms with Crippen molar-refractivity contribution in [3.05, 3.63) is 35.9 Å². The molecule has 6 nitrogen and oxygen atoms in total. The highest BCUT2D eigenvalue weighted by Gasteiger charge is 2.35. The molecular weight excluding hydrogens is 362 g/mol. The molecule has 1 aromatic rings. The van der Waals surface area contributed by atoms with E-state index in [1.807, 2.05) is 42.3 Å². The van der Waals surface area contributed by atoms with Crippen LogP contribution in [0.4, 0.5) is 0 Å². The summed E-state index contributed by atoms with van der Waals surface area (Å²) in [5, 5.41) is 3.21. The molecule has 1 N–H and O–H groups in total. The van der Waals surface area contributed by atoms with Gasteiger partial charge in [0.15, 0.2) is 0 Å². The minimum Gasteiger partial charge on any atom is -0.342 e. The van der Waals surface area contributed by atoms with Crippen LogP contribution in [0.5, 0.6) is 0 Å². The lowest BCUT2D eigenvalue weighted by molar-refractivity contribution is -0.138. The van der Waals surface area contributed by atoms with E-state index in [-0.39, 0.29) is 17.6 Å². The first kappa shape index (κ1) is 20.3. The van der Waals surface area contributed by atoms with E-state index in [4.69, 9.17) is 0 Å². The lowest BCUT2D eigenvalue weighted by Gasteiger charge is -2.37. The number of piperidine rings is 2. The van der Waals surface area contributed by atoms with Crippen LogP contribution in [-0.2, 0) is 20.6 Å². The first-order valence-electron chi connectivity index (χ1n) is 9.94. The number of carbonyl (C=O) groups excluding carboxylic acids is 1. The number of likely N-dealkylation sites (tertiary alicyclic amines) is 1. The average Bonchev–Trinajstić information content (AvgIpc) is 2.69. The van der Waals surface area contributed by atoms with Gasteiger partial charge >= 0.3 is 0 Å². The Kier molecular flexibility index (Phi) is 6.89. The zero-order chi connectivity index (χ0) is 19.3. The second-order valence-electron chi connectivity index (χ2n) is 7.77. The van der Waals surface area contributed by atoms with E-state index in [1.54, 1.807) is 0 Å². The van der Waals surface area contributed by atoms with Crippen molar-refractivity contribution in [3.8, 4) is 0 Å². The van der Waals surface area contributed by atoms with Gasteiger partial charge in [-0.1, -0.05) is 30.3 Å². The summed E-state index contributed by atoms with van der Waals surface area (Å²) in [6.45, 7) is 3.42. The first-order valence-corrected chi connectivity index (χ1v) is 11.6. The van der Waals surface area contributed by atoms with Gasteiger partial charge < -0.3 is 10.2 Å². The monoisotopic (exact) mass is 393 g/mol. The number of carbonyl (C=O) groups is 1. The molecule has 0 bridgehead atoms. The Morgan fingerprint density at radius 3 is 2.48 bits per heavy atom. The molecule has 0 aromatic heterocycles. The summed E-state index contributed by atoms with van der Waals surface area (Å²) in [4.78, 5) is 14.9. The van der Waals surface area contributed by atoms with Gasteiger partial charge in [-0.05, 0) is 50.8 Å². The highest BCUT2D eigenvalue weighted by atomic mass is 32.2. The van der Waals surface area contributed by atoms with Gasteiger partial charge in [0.25, 0.3) is 0 Å². The fraction of sp³-hybridized carbons (Fsp3) is 0.650. The molecule has 1 amide bonds. The van der Waals surface area contributed by atoms with Crippen molar-refractivity contribution in [1.82, 2.24) is 14.5 Å². The normalized spacial score (nSPS) is 22.7. The van der Waals surface area contributed by atoms with Crippen LogP contribution in [-0.4, -0.2) is 63.3 Å². The molecule has 1 unspecified atom stereocenters. The van der Waals surface area contributed by atoms with Crippen molar-refractivity contribution >= 4 is 15.9 Å². The van der Waals surface area contributed by atoms with Gasteiger partial charge in [-0.2, -0.15) is 0 Å². The molecule has 0 spiro atoms. The SMILES string of the molecule is CNCC1CCN(C(=O)C2CCCN(S(=O)(=O)Cc3ccccc3)C2)CC1. The van der Waals surface area contributed by atoms with Crippen LogP contribution in [0.25, 0.3) is 0 Å². The molecule has 2 aliphatic heterocycles. The van der Waals surface area contributed by atoms with Crippen LogP contribution in [0.1, 0.15) is 31.2 Å². The summed E-state index contributed by atoms with van der Waals surface area (Å²) >= 11 is 0. The average molecular weight is 394 g/mol. The van der Waals surface area contributed by atoms with Gasteiger partial charge in [-0.25, -0.2) is 12.7 Å². The van der Waals surface area contributed by atoms with E-state index >= 15 is 0 Å². The second kappa shape index (κ2) is 9.17. The van der Waals surface area contributed by atoms with Gasteiger partial charge in [0, 0.05) is 26.2 Å². The van der Waals surface area contributed by atoms with Crippen LogP contribution in [0.3, 0.4) is 0 Å². The molecular formula is C20H31N3O3S. The van der Waals surface area contributed by atoms with Crippen molar-refractivity contribution in [2.45, 2.75) is 31.4 Å². The Bertz CT molecular complexity index is 715. The molecule has 3 rings (SSSR count). The molecule has 0 aliphatic carbocycles. The van der Waals surface area contributed by atoms with Gasteiger partial charge in [-0.15, -0.1) is 0 Å². The maximum absolute atomic E-state index is 12.9. The van der Waals surface area contributed by atoms with Crippen LogP contribution < -0.4 is 5.32 Å². The van der Waals surface area contributed by atoms with E-state index in [2.05, 4.69) is 5.32 Å².